The van der Waals surface area contributed by atoms with Gasteiger partial charge in [-0.05, 0) is 42.0 Å². The van der Waals surface area contributed by atoms with E-state index < -0.39 is 5.97 Å². The van der Waals surface area contributed by atoms with Crippen LogP contribution in [0.1, 0.15) is 26.3 Å². The van der Waals surface area contributed by atoms with E-state index in [-0.39, 0.29) is 11.5 Å². The number of carbonyl (C=O) groups is 2. The summed E-state index contributed by atoms with van der Waals surface area (Å²) < 4.78 is 5.01. The first-order chi connectivity index (χ1) is 10.6. The summed E-state index contributed by atoms with van der Waals surface area (Å²) in [6, 6.07) is 12.8. The molecule has 0 radical (unpaired) electrons. The van der Waals surface area contributed by atoms with Gasteiger partial charge in [0.1, 0.15) is 5.75 Å². The fourth-order valence-corrected chi connectivity index (χ4v) is 1.68. The molecule has 0 bridgehead atoms. The molecule has 2 N–H and O–H groups in total. The molecular weight excluding hydrogens is 284 g/mol. The second-order valence-electron chi connectivity index (χ2n) is 4.35. The van der Waals surface area contributed by atoms with Crippen LogP contribution in [-0.2, 0) is 0 Å². The third-order valence-corrected chi connectivity index (χ3v) is 2.89. The molecule has 2 aromatic carbocycles. The highest BCUT2D eigenvalue weighted by molar-refractivity contribution is 5.95. The molecule has 0 saturated carbocycles. The Kier molecular flexibility index (Phi) is 4.87. The van der Waals surface area contributed by atoms with Crippen LogP contribution in [0.15, 0.2) is 53.6 Å². The van der Waals surface area contributed by atoms with Crippen LogP contribution in [0.4, 0.5) is 0 Å². The van der Waals surface area contributed by atoms with Crippen LogP contribution in [0.2, 0.25) is 0 Å². The molecule has 6 heteroatoms. The van der Waals surface area contributed by atoms with Crippen molar-refractivity contribution in [3.8, 4) is 5.75 Å². The van der Waals surface area contributed by atoms with Crippen molar-refractivity contribution in [2.24, 2.45) is 5.10 Å². The first-order valence-corrected chi connectivity index (χ1v) is 6.41. The highest BCUT2D eigenvalue weighted by Gasteiger charge is 2.04. The van der Waals surface area contributed by atoms with Gasteiger partial charge in [0.05, 0.1) is 18.9 Å². The lowest BCUT2D eigenvalue weighted by Crippen LogP contribution is -2.17. The zero-order valence-electron chi connectivity index (χ0n) is 11.8. The summed E-state index contributed by atoms with van der Waals surface area (Å²) in [5.74, 6) is -0.670. The van der Waals surface area contributed by atoms with Crippen molar-refractivity contribution < 1.29 is 19.4 Å². The van der Waals surface area contributed by atoms with Crippen LogP contribution in [0, 0.1) is 0 Å². The van der Waals surface area contributed by atoms with Crippen LogP contribution in [0.3, 0.4) is 0 Å². The van der Waals surface area contributed by atoms with E-state index in [0.717, 1.165) is 0 Å². The number of amides is 1. The van der Waals surface area contributed by atoms with Crippen molar-refractivity contribution in [1.29, 1.82) is 0 Å². The van der Waals surface area contributed by atoms with E-state index >= 15 is 0 Å². The second-order valence-corrected chi connectivity index (χ2v) is 4.35. The minimum Gasteiger partial charge on any atom is -0.497 e. The maximum Gasteiger partial charge on any atom is 0.335 e. The van der Waals surface area contributed by atoms with Gasteiger partial charge in [0.25, 0.3) is 5.91 Å². The van der Waals surface area contributed by atoms with E-state index in [1.165, 1.54) is 18.3 Å². The van der Waals surface area contributed by atoms with E-state index in [0.29, 0.717) is 16.9 Å². The number of hydrogen-bond donors (Lipinski definition) is 2. The predicted octanol–water partition coefficient (Wildman–Crippen LogP) is 2.16. The predicted molar refractivity (Wildman–Crippen MR) is 81.5 cm³/mol. The molecule has 0 aliphatic carbocycles. The van der Waals surface area contributed by atoms with Crippen LogP contribution in [0.5, 0.6) is 5.75 Å². The SMILES string of the molecule is COc1ccc(C(=O)N/N=C/c2ccc(C(=O)O)cc2)cc1. The Balaban J connectivity index is 1.96. The molecule has 0 aliphatic rings. The van der Waals surface area contributed by atoms with E-state index in [1.807, 2.05) is 0 Å². The van der Waals surface area contributed by atoms with E-state index in [2.05, 4.69) is 10.5 Å². The average Bonchev–Trinajstić information content (AvgIpc) is 2.55. The molecule has 0 aliphatic heterocycles. The Morgan fingerprint density at radius 1 is 1.05 bits per heavy atom. The Morgan fingerprint density at radius 3 is 2.18 bits per heavy atom. The summed E-state index contributed by atoms with van der Waals surface area (Å²) in [6.07, 6.45) is 1.44. The number of rotatable bonds is 5. The molecule has 6 nitrogen and oxygen atoms in total. The highest BCUT2D eigenvalue weighted by atomic mass is 16.5. The van der Waals surface area contributed by atoms with Gasteiger partial charge in [-0.1, -0.05) is 12.1 Å². The molecule has 112 valence electrons. The number of hydrazone groups is 1. The molecule has 0 aromatic heterocycles. The van der Waals surface area contributed by atoms with Crippen LogP contribution >= 0.6 is 0 Å². The maximum absolute atomic E-state index is 11.8. The maximum atomic E-state index is 11.8. The summed E-state index contributed by atoms with van der Waals surface area (Å²) in [5, 5.41) is 12.6. The lowest BCUT2D eigenvalue weighted by atomic mass is 10.1. The molecule has 0 saturated heterocycles. The molecule has 2 aromatic rings. The number of methoxy groups -OCH3 is 1. The lowest BCUT2D eigenvalue weighted by molar-refractivity contribution is 0.0696. The molecule has 0 heterocycles. The summed E-state index contributed by atoms with van der Waals surface area (Å²) in [6.45, 7) is 0. The van der Waals surface area contributed by atoms with Gasteiger partial charge in [0.2, 0.25) is 0 Å². The van der Waals surface area contributed by atoms with Gasteiger partial charge < -0.3 is 9.84 Å². The number of carboxylic acids is 1. The minimum absolute atomic E-state index is 0.194. The van der Waals surface area contributed by atoms with Crippen molar-refractivity contribution in [1.82, 2.24) is 5.43 Å². The van der Waals surface area contributed by atoms with E-state index in [9.17, 15) is 9.59 Å². The number of carbonyl (C=O) groups excluding carboxylic acids is 1. The molecule has 1 amide bonds. The molecule has 0 spiro atoms. The monoisotopic (exact) mass is 298 g/mol. The smallest absolute Gasteiger partial charge is 0.335 e. The van der Waals surface area contributed by atoms with Gasteiger partial charge >= 0.3 is 5.97 Å². The van der Waals surface area contributed by atoms with Gasteiger partial charge in [-0.3, -0.25) is 4.79 Å². The van der Waals surface area contributed by atoms with Gasteiger partial charge in [0.15, 0.2) is 0 Å². The van der Waals surface area contributed by atoms with Crippen molar-refractivity contribution in [2.45, 2.75) is 0 Å². The standard InChI is InChI=1S/C16H14N2O4/c1-22-14-8-6-12(7-9-14)15(19)18-17-10-11-2-4-13(5-3-11)16(20)21/h2-10H,1H3,(H,18,19)(H,20,21)/b17-10+. The number of carboxylic acid groups (broad SMARTS) is 1. The fourth-order valence-electron chi connectivity index (χ4n) is 1.68. The molecule has 0 unspecified atom stereocenters. The third-order valence-electron chi connectivity index (χ3n) is 2.89. The average molecular weight is 298 g/mol. The fraction of sp³-hybridized carbons (Fsp3) is 0.0625. The number of hydrogen-bond acceptors (Lipinski definition) is 4. The Hall–Kier alpha value is -3.15. The van der Waals surface area contributed by atoms with Crippen molar-refractivity contribution in [2.75, 3.05) is 7.11 Å². The molecule has 0 atom stereocenters. The van der Waals surface area contributed by atoms with Crippen LogP contribution in [-0.4, -0.2) is 30.3 Å². The Labute approximate surface area is 127 Å². The van der Waals surface area contributed by atoms with E-state index in [1.54, 1.807) is 43.5 Å². The van der Waals surface area contributed by atoms with Gasteiger partial charge in [0, 0.05) is 5.56 Å². The number of benzene rings is 2. The van der Waals surface area contributed by atoms with Crippen LogP contribution < -0.4 is 10.2 Å². The van der Waals surface area contributed by atoms with Crippen LogP contribution in [0.25, 0.3) is 0 Å². The first-order valence-electron chi connectivity index (χ1n) is 6.41. The quantitative estimate of drug-likeness (QED) is 0.654. The van der Waals surface area contributed by atoms with Crippen molar-refractivity contribution in [3.05, 3.63) is 65.2 Å². The number of aromatic carboxylic acids is 1. The number of ether oxygens (including phenoxy) is 1. The molecule has 2 rings (SSSR count). The molecular formula is C16H14N2O4. The Morgan fingerprint density at radius 2 is 1.64 bits per heavy atom. The first kappa shape index (κ1) is 15.2. The third kappa shape index (κ3) is 3.92. The lowest BCUT2D eigenvalue weighted by Gasteiger charge is -2.02. The normalized spacial score (nSPS) is 10.4. The molecule has 22 heavy (non-hydrogen) atoms. The highest BCUT2D eigenvalue weighted by Crippen LogP contribution is 2.11. The Bertz CT molecular complexity index is 691. The molecule has 0 fully saturated rings. The largest absolute Gasteiger partial charge is 0.497 e. The topological polar surface area (TPSA) is 88.0 Å². The van der Waals surface area contributed by atoms with Crippen molar-refractivity contribution in [3.63, 3.8) is 0 Å². The summed E-state index contributed by atoms with van der Waals surface area (Å²) >= 11 is 0. The van der Waals surface area contributed by atoms with E-state index in [4.69, 9.17) is 9.84 Å². The zero-order valence-corrected chi connectivity index (χ0v) is 11.8. The minimum atomic E-state index is -0.990. The summed E-state index contributed by atoms with van der Waals surface area (Å²) in [5.41, 5.74) is 3.73. The van der Waals surface area contributed by atoms with Gasteiger partial charge in [-0.15, -0.1) is 0 Å². The summed E-state index contributed by atoms with van der Waals surface area (Å²) in [4.78, 5) is 22.6. The number of nitrogens with one attached hydrogen (secondary N) is 1. The number of nitrogens with zero attached hydrogens (tertiary/aromatic N) is 1. The van der Waals surface area contributed by atoms with Crippen molar-refractivity contribution >= 4 is 18.1 Å². The zero-order chi connectivity index (χ0) is 15.9. The van der Waals surface area contributed by atoms with Gasteiger partial charge in [-0.2, -0.15) is 5.10 Å². The summed E-state index contributed by atoms with van der Waals surface area (Å²) in [7, 11) is 1.55. The second kappa shape index (κ2) is 7.03. The van der Waals surface area contributed by atoms with Gasteiger partial charge in [-0.25, -0.2) is 10.2 Å².